The maximum Gasteiger partial charge on any atom is 0.472 e. The quantitative estimate of drug-likeness (QED) is 0.0169. The summed E-state index contributed by atoms with van der Waals surface area (Å²) in [5.74, 6) is -2.25. The van der Waals surface area contributed by atoms with Gasteiger partial charge in [-0.3, -0.25) is 37.3 Å². The Morgan fingerprint density at radius 1 is 0.316 bits per heavy atom. The van der Waals surface area contributed by atoms with Crippen molar-refractivity contribution in [3.05, 3.63) is 97.2 Å². The summed E-state index contributed by atoms with van der Waals surface area (Å²) >= 11 is 0. The van der Waals surface area contributed by atoms with Gasteiger partial charge in [0, 0.05) is 25.7 Å². The van der Waals surface area contributed by atoms with Crippen LogP contribution in [0, 0.1) is 0 Å². The number of phosphoric ester groups is 2. The van der Waals surface area contributed by atoms with Crippen LogP contribution in [0.5, 0.6) is 0 Å². The molecule has 0 aliphatic heterocycles. The number of carbonyl (C=O) groups is 4. The van der Waals surface area contributed by atoms with Gasteiger partial charge in [0.15, 0.2) is 12.2 Å². The van der Waals surface area contributed by atoms with E-state index in [1.54, 1.807) is 0 Å². The van der Waals surface area contributed by atoms with E-state index in [2.05, 4.69) is 112 Å². The van der Waals surface area contributed by atoms with Crippen molar-refractivity contribution in [1.82, 2.24) is 0 Å². The lowest BCUT2D eigenvalue weighted by atomic mass is 10.1. The molecule has 0 aliphatic rings. The first kappa shape index (κ1) is 91.0. The van der Waals surface area contributed by atoms with Crippen LogP contribution >= 0.6 is 15.6 Å². The number of hydrogen-bond acceptors (Lipinski definition) is 15. The van der Waals surface area contributed by atoms with Gasteiger partial charge in [-0.2, -0.15) is 0 Å². The van der Waals surface area contributed by atoms with E-state index in [1.165, 1.54) is 77.0 Å². The highest BCUT2D eigenvalue weighted by atomic mass is 31.2. The lowest BCUT2D eigenvalue weighted by molar-refractivity contribution is -0.161. The third-order valence-corrected chi connectivity index (χ3v) is 17.2. The molecule has 0 aromatic heterocycles. The first-order valence-electron chi connectivity index (χ1n) is 36.9. The van der Waals surface area contributed by atoms with Crippen molar-refractivity contribution >= 4 is 39.5 Å². The van der Waals surface area contributed by atoms with Crippen molar-refractivity contribution in [3.63, 3.8) is 0 Å². The van der Waals surface area contributed by atoms with Gasteiger partial charge in [-0.1, -0.05) is 227 Å². The van der Waals surface area contributed by atoms with Crippen molar-refractivity contribution in [2.45, 2.75) is 322 Å². The number of allylic oxidation sites excluding steroid dienone is 16. The zero-order valence-corrected chi connectivity index (χ0v) is 61.4. The van der Waals surface area contributed by atoms with E-state index in [-0.39, 0.29) is 25.7 Å². The predicted molar refractivity (Wildman–Crippen MR) is 385 cm³/mol. The Morgan fingerprint density at radius 3 is 0.832 bits per heavy atom. The predicted octanol–water partition coefficient (Wildman–Crippen LogP) is 20.8. The van der Waals surface area contributed by atoms with Gasteiger partial charge in [0.05, 0.1) is 26.4 Å². The van der Waals surface area contributed by atoms with E-state index >= 15 is 0 Å². The standard InChI is InChI=1S/C76H132O17P2/c1-5-9-13-17-21-25-29-32-35-38-41-45-49-53-57-61-74(79)87-67-72(93-76(81)63-59-55-51-47-43-40-37-34-31-27-23-19-15-11-7-3)69-91-95(84,85)89-65-70(77)64-88-94(82,83)90-68-71(66-86-73(78)60-56-52-48-44-28-24-20-16-12-8-4)92-75(80)62-58-54-50-46-42-39-36-33-30-26-22-18-14-10-6-2/h8,12,20,24-27,29-31,35-40,70-72,77H,5-7,9-11,13-19,21-23,28,32-34,41-69H2,1-4H3,(H,82,83)(H,84,85). The van der Waals surface area contributed by atoms with Crippen molar-refractivity contribution in [1.29, 1.82) is 0 Å². The van der Waals surface area contributed by atoms with Gasteiger partial charge in [0.25, 0.3) is 0 Å². The van der Waals surface area contributed by atoms with E-state index in [0.717, 1.165) is 148 Å². The van der Waals surface area contributed by atoms with Gasteiger partial charge in [-0.15, -0.1) is 0 Å². The highest BCUT2D eigenvalue weighted by Crippen LogP contribution is 2.45. The third-order valence-electron chi connectivity index (χ3n) is 15.3. The zero-order valence-electron chi connectivity index (χ0n) is 59.6. The maximum absolute atomic E-state index is 13.1. The highest BCUT2D eigenvalue weighted by Gasteiger charge is 2.30. The first-order valence-corrected chi connectivity index (χ1v) is 39.9. The van der Waals surface area contributed by atoms with Crippen LogP contribution in [-0.2, 0) is 65.4 Å². The molecule has 548 valence electrons. The largest absolute Gasteiger partial charge is 0.472 e. The SMILES string of the molecule is CC=CCC=CCCCCCCC(=O)OCC(COP(=O)(O)OCC(O)COP(=O)(O)OCC(COC(=O)CCCCCCC=CCC=CCCCCCC)OC(=O)CCCCCCC=CCC=CCCCCCC)OC(=O)CCCCCCC=CCC=CCCCCCC. The van der Waals surface area contributed by atoms with Crippen LogP contribution in [-0.4, -0.2) is 96.7 Å². The van der Waals surface area contributed by atoms with Crippen LogP contribution in [0.15, 0.2) is 97.2 Å². The lowest BCUT2D eigenvalue weighted by Crippen LogP contribution is -2.30. The Hall–Kier alpha value is -4.02. The van der Waals surface area contributed by atoms with Crippen LogP contribution in [0.3, 0.4) is 0 Å². The van der Waals surface area contributed by atoms with Gasteiger partial charge >= 0.3 is 39.5 Å². The van der Waals surface area contributed by atoms with Gasteiger partial charge in [-0.25, -0.2) is 9.13 Å². The molecule has 0 saturated carbocycles. The van der Waals surface area contributed by atoms with Crippen LogP contribution in [0.1, 0.15) is 304 Å². The number of unbranched alkanes of at least 4 members (excludes halogenated alkanes) is 28. The molecule has 0 aromatic rings. The number of aliphatic hydroxyl groups is 1. The van der Waals surface area contributed by atoms with Crippen LogP contribution in [0.4, 0.5) is 0 Å². The lowest BCUT2D eigenvalue weighted by Gasteiger charge is -2.21. The molecule has 0 aliphatic carbocycles. The Balaban J connectivity index is 5.38. The Labute approximate surface area is 576 Å². The highest BCUT2D eigenvalue weighted by molar-refractivity contribution is 7.47. The minimum absolute atomic E-state index is 0.0683. The summed E-state index contributed by atoms with van der Waals surface area (Å²) in [6.07, 6.45) is 70.0. The number of phosphoric acid groups is 2. The summed E-state index contributed by atoms with van der Waals surface area (Å²) in [7, 11) is -9.96. The molecule has 0 spiro atoms. The summed E-state index contributed by atoms with van der Waals surface area (Å²) in [5.41, 5.74) is 0. The fourth-order valence-electron chi connectivity index (χ4n) is 9.63. The molecule has 3 N–H and O–H groups in total. The van der Waals surface area contributed by atoms with E-state index < -0.39 is 97.5 Å². The second kappa shape index (κ2) is 68.5. The molecule has 0 bridgehead atoms. The molecule has 0 radical (unpaired) electrons. The van der Waals surface area contributed by atoms with Crippen molar-refractivity contribution < 1.29 is 80.2 Å². The molecule has 0 rings (SSSR count). The minimum Gasteiger partial charge on any atom is -0.462 e. The molecule has 5 atom stereocenters. The number of ether oxygens (including phenoxy) is 4. The number of carbonyl (C=O) groups excluding carboxylic acids is 4. The fourth-order valence-corrected chi connectivity index (χ4v) is 11.2. The minimum atomic E-state index is -4.98. The average Bonchev–Trinajstić information content (AvgIpc) is 1.58. The van der Waals surface area contributed by atoms with Crippen LogP contribution < -0.4 is 0 Å². The van der Waals surface area contributed by atoms with Gasteiger partial charge in [0.2, 0.25) is 0 Å². The zero-order chi connectivity index (χ0) is 69.7. The normalized spacial score (nSPS) is 14.6. The summed E-state index contributed by atoms with van der Waals surface area (Å²) < 4.78 is 68.3. The molecular weight excluding hydrogens is 1250 g/mol. The maximum atomic E-state index is 13.1. The summed E-state index contributed by atoms with van der Waals surface area (Å²) in [5, 5.41) is 10.6. The van der Waals surface area contributed by atoms with E-state index in [1.807, 2.05) is 13.0 Å². The number of rotatable bonds is 69. The number of esters is 4. The molecule has 17 nitrogen and oxygen atoms in total. The van der Waals surface area contributed by atoms with Crippen molar-refractivity contribution in [2.75, 3.05) is 39.6 Å². The first-order chi connectivity index (χ1) is 46.2. The molecule has 0 fully saturated rings. The molecule has 95 heavy (non-hydrogen) atoms. The molecule has 0 heterocycles. The van der Waals surface area contributed by atoms with Crippen LogP contribution in [0.2, 0.25) is 0 Å². The number of hydrogen-bond donors (Lipinski definition) is 3. The molecule has 0 amide bonds. The second-order valence-corrected chi connectivity index (χ2v) is 27.4. The average molecular weight is 1380 g/mol. The van der Waals surface area contributed by atoms with E-state index in [4.69, 9.17) is 37.0 Å². The summed E-state index contributed by atoms with van der Waals surface area (Å²) in [6, 6.07) is 0. The van der Waals surface area contributed by atoms with E-state index in [9.17, 15) is 43.2 Å². The van der Waals surface area contributed by atoms with Gasteiger partial charge < -0.3 is 33.8 Å². The molecule has 19 heteroatoms. The fraction of sp³-hybridized carbons (Fsp3) is 0.737. The van der Waals surface area contributed by atoms with Gasteiger partial charge in [-0.05, 0) is 148 Å². The summed E-state index contributed by atoms with van der Waals surface area (Å²) in [4.78, 5) is 72.7. The van der Waals surface area contributed by atoms with Crippen molar-refractivity contribution in [3.8, 4) is 0 Å². The van der Waals surface area contributed by atoms with Gasteiger partial charge in [0.1, 0.15) is 19.3 Å². The van der Waals surface area contributed by atoms with E-state index in [0.29, 0.717) is 25.7 Å². The van der Waals surface area contributed by atoms with Crippen molar-refractivity contribution in [2.24, 2.45) is 0 Å². The smallest absolute Gasteiger partial charge is 0.462 e. The summed E-state index contributed by atoms with van der Waals surface area (Å²) in [6.45, 7) is 4.51. The molecular formula is C76H132O17P2. The molecule has 5 unspecified atom stereocenters. The second-order valence-electron chi connectivity index (χ2n) is 24.5. The molecule has 0 saturated heterocycles. The number of aliphatic hydroxyl groups excluding tert-OH is 1. The van der Waals surface area contributed by atoms with Crippen LogP contribution in [0.25, 0.3) is 0 Å². The Bertz CT molecular complexity index is 2190. The Morgan fingerprint density at radius 2 is 0.558 bits per heavy atom. The third kappa shape index (κ3) is 68.3. The monoisotopic (exact) mass is 1380 g/mol. The topological polar surface area (TPSA) is 237 Å². The Kier molecular flexibility index (Phi) is 65.6. The molecule has 0 aromatic carbocycles.